The second-order valence-electron chi connectivity index (χ2n) is 6.12. The molecule has 1 aromatic carbocycles. The summed E-state index contributed by atoms with van der Waals surface area (Å²) in [6, 6.07) is 5.96. The molecule has 3 aromatic rings. The summed E-state index contributed by atoms with van der Waals surface area (Å²) in [5.41, 5.74) is 4.97. The van der Waals surface area contributed by atoms with Crippen molar-refractivity contribution in [2.45, 2.75) is 19.4 Å². The Labute approximate surface area is 144 Å². The lowest BCUT2D eigenvalue weighted by atomic mass is 10.1. The van der Waals surface area contributed by atoms with E-state index < -0.39 is 0 Å². The number of nitrogens with one attached hydrogen (secondary N) is 1. The molecule has 0 fully saturated rings. The van der Waals surface area contributed by atoms with Gasteiger partial charge in [-0.3, -0.25) is 4.90 Å². The average Bonchev–Trinajstić information content (AvgIpc) is 3.03. The van der Waals surface area contributed by atoms with Crippen molar-refractivity contribution in [1.29, 1.82) is 0 Å². The third-order valence-corrected chi connectivity index (χ3v) is 4.55. The number of hydrogen-bond acceptors (Lipinski definition) is 8. The minimum atomic E-state index is 0.0840. The fourth-order valence-corrected chi connectivity index (χ4v) is 3.29. The van der Waals surface area contributed by atoms with Crippen LogP contribution in [-0.2, 0) is 19.4 Å². The Balaban J connectivity index is 1.51. The average molecular weight is 340 g/mol. The maximum Gasteiger partial charge on any atom is 0.139 e. The first kappa shape index (κ1) is 15.9. The quantitative estimate of drug-likeness (QED) is 0.710. The van der Waals surface area contributed by atoms with E-state index in [-0.39, 0.29) is 6.61 Å². The van der Waals surface area contributed by atoms with Crippen LogP contribution >= 0.6 is 0 Å². The lowest BCUT2D eigenvalue weighted by Crippen LogP contribution is -2.26. The summed E-state index contributed by atoms with van der Waals surface area (Å²) in [6.45, 7) is 3.21. The Morgan fingerprint density at radius 1 is 1.16 bits per heavy atom. The van der Waals surface area contributed by atoms with E-state index in [0.29, 0.717) is 6.54 Å². The van der Waals surface area contributed by atoms with Crippen molar-refractivity contribution < 1.29 is 9.74 Å². The fourth-order valence-electron chi connectivity index (χ4n) is 3.29. The molecule has 2 aromatic heterocycles. The topological polar surface area (TPSA) is 100 Å². The zero-order chi connectivity index (χ0) is 17.1. The van der Waals surface area contributed by atoms with Crippen molar-refractivity contribution >= 4 is 16.9 Å². The van der Waals surface area contributed by atoms with Crippen LogP contribution in [0.25, 0.3) is 11.0 Å². The largest absolute Gasteiger partial charge is 0.395 e. The number of anilines is 1. The van der Waals surface area contributed by atoms with Gasteiger partial charge in [-0.25, -0.2) is 14.6 Å². The summed E-state index contributed by atoms with van der Waals surface area (Å²) in [7, 11) is 0. The summed E-state index contributed by atoms with van der Waals surface area (Å²) in [5.74, 6) is 0.837. The zero-order valence-corrected chi connectivity index (χ0v) is 13.9. The monoisotopic (exact) mass is 340 g/mol. The summed E-state index contributed by atoms with van der Waals surface area (Å²) in [5, 5.41) is 20.2. The minimum absolute atomic E-state index is 0.0840. The van der Waals surface area contributed by atoms with Crippen molar-refractivity contribution in [3.8, 4) is 0 Å². The van der Waals surface area contributed by atoms with Crippen LogP contribution in [0, 0.1) is 0 Å². The summed E-state index contributed by atoms with van der Waals surface area (Å²) < 4.78 is 4.86. The van der Waals surface area contributed by atoms with Crippen LogP contribution in [0.2, 0.25) is 0 Å². The first-order chi connectivity index (χ1) is 12.3. The lowest BCUT2D eigenvalue weighted by molar-refractivity contribution is 0.278. The van der Waals surface area contributed by atoms with Crippen molar-refractivity contribution in [3.05, 3.63) is 41.3 Å². The van der Waals surface area contributed by atoms with Gasteiger partial charge in [0.25, 0.3) is 0 Å². The number of nitrogens with zero attached hydrogens (tertiary/aromatic N) is 5. The van der Waals surface area contributed by atoms with E-state index in [1.807, 2.05) is 12.1 Å². The van der Waals surface area contributed by atoms with Crippen LogP contribution < -0.4 is 5.32 Å². The second kappa shape index (κ2) is 7.12. The Hall–Kier alpha value is -2.58. The SMILES string of the molecule is OCCNc1ncnc2c1CCN(Cc1cccc3nonc13)CC2. The molecule has 4 rings (SSSR count). The molecule has 0 saturated heterocycles. The number of rotatable bonds is 5. The van der Waals surface area contributed by atoms with Crippen LogP contribution in [0.4, 0.5) is 5.82 Å². The molecular formula is C17H20N6O2. The zero-order valence-electron chi connectivity index (χ0n) is 13.9. The van der Waals surface area contributed by atoms with Gasteiger partial charge in [-0.05, 0) is 28.4 Å². The molecule has 1 aliphatic heterocycles. The molecule has 0 atom stereocenters. The van der Waals surface area contributed by atoms with Crippen LogP contribution in [-0.4, -0.2) is 56.5 Å². The van der Waals surface area contributed by atoms with Crippen molar-refractivity contribution in [2.75, 3.05) is 31.6 Å². The molecule has 0 amide bonds. The Kier molecular flexibility index (Phi) is 4.53. The van der Waals surface area contributed by atoms with E-state index in [1.165, 1.54) is 0 Å². The number of aromatic nitrogens is 4. The molecule has 130 valence electrons. The van der Waals surface area contributed by atoms with E-state index in [4.69, 9.17) is 9.74 Å². The maximum atomic E-state index is 9.03. The molecule has 2 N–H and O–H groups in total. The number of benzene rings is 1. The summed E-state index contributed by atoms with van der Waals surface area (Å²) in [4.78, 5) is 11.2. The van der Waals surface area contributed by atoms with Gasteiger partial charge in [0.2, 0.25) is 0 Å². The molecule has 1 aliphatic rings. The molecule has 8 heteroatoms. The summed E-state index contributed by atoms with van der Waals surface area (Å²) in [6.07, 6.45) is 3.34. The Bertz CT molecular complexity index is 865. The highest BCUT2D eigenvalue weighted by molar-refractivity contribution is 5.76. The first-order valence-corrected chi connectivity index (χ1v) is 8.45. The third kappa shape index (κ3) is 3.31. The number of fused-ring (bicyclic) bond motifs is 2. The van der Waals surface area contributed by atoms with Crippen LogP contribution in [0.5, 0.6) is 0 Å². The highest BCUT2D eigenvalue weighted by Crippen LogP contribution is 2.22. The standard InChI is InChI=1S/C17H20N6O2/c24-9-6-18-17-13-4-7-23(8-5-14(13)19-11-20-17)10-12-2-1-3-15-16(12)22-25-21-15/h1-3,11,24H,4-10H2,(H,18,19,20). The molecule has 0 bridgehead atoms. The third-order valence-electron chi connectivity index (χ3n) is 4.55. The highest BCUT2D eigenvalue weighted by atomic mass is 16.6. The van der Waals surface area contributed by atoms with Gasteiger partial charge in [0.15, 0.2) is 0 Å². The van der Waals surface area contributed by atoms with Crippen molar-refractivity contribution in [2.24, 2.45) is 0 Å². The van der Waals surface area contributed by atoms with Crippen LogP contribution in [0.15, 0.2) is 29.2 Å². The van der Waals surface area contributed by atoms with Gasteiger partial charge in [-0.2, -0.15) is 0 Å². The smallest absolute Gasteiger partial charge is 0.139 e. The van der Waals surface area contributed by atoms with Crippen LogP contribution in [0.3, 0.4) is 0 Å². The number of aliphatic hydroxyl groups excluding tert-OH is 1. The van der Waals surface area contributed by atoms with Gasteiger partial charge in [0, 0.05) is 38.2 Å². The lowest BCUT2D eigenvalue weighted by Gasteiger charge is -2.19. The predicted molar refractivity (Wildman–Crippen MR) is 92.1 cm³/mol. The van der Waals surface area contributed by atoms with Gasteiger partial charge < -0.3 is 10.4 Å². The molecule has 25 heavy (non-hydrogen) atoms. The molecule has 8 nitrogen and oxygen atoms in total. The Morgan fingerprint density at radius 3 is 3.00 bits per heavy atom. The van der Waals surface area contributed by atoms with E-state index in [0.717, 1.165) is 66.1 Å². The van der Waals surface area contributed by atoms with Gasteiger partial charge in [-0.15, -0.1) is 0 Å². The van der Waals surface area contributed by atoms with Crippen molar-refractivity contribution in [3.63, 3.8) is 0 Å². The first-order valence-electron chi connectivity index (χ1n) is 8.45. The molecular weight excluding hydrogens is 320 g/mol. The highest BCUT2D eigenvalue weighted by Gasteiger charge is 2.19. The second-order valence-corrected chi connectivity index (χ2v) is 6.12. The van der Waals surface area contributed by atoms with E-state index in [1.54, 1.807) is 6.33 Å². The predicted octanol–water partition coefficient (Wildman–Crippen LogP) is 1.02. The summed E-state index contributed by atoms with van der Waals surface area (Å²) >= 11 is 0. The molecule has 0 aliphatic carbocycles. The number of aliphatic hydroxyl groups is 1. The van der Waals surface area contributed by atoms with Crippen molar-refractivity contribution in [1.82, 2.24) is 25.2 Å². The molecule has 0 spiro atoms. The Morgan fingerprint density at radius 2 is 2.08 bits per heavy atom. The van der Waals surface area contributed by atoms with E-state index >= 15 is 0 Å². The van der Waals surface area contributed by atoms with Gasteiger partial charge in [0.05, 0.1) is 12.3 Å². The van der Waals surface area contributed by atoms with E-state index in [9.17, 15) is 0 Å². The maximum absolute atomic E-state index is 9.03. The molecule has 0 saturated carbocycles. The van der Waals surface area contributed by atoms with Crippen LogP contribution in [0.1, 0.15) is 16.8 Å². The van der Waals surface area contributed by atoms with Gasteiger partial charge in [-0.1, -0.05) is 12.1 Å². The normalized spacial score (nSPS) is 15.1. The molecule has 3 heterocycles. The minimum Gasteiger partial charge on any atom is -0.395 e. The fraction of sp³-hybridized carbons (Fsp3) is 0.412. The van der Waals surface area contributed by atoms with Gasteiger partial charge in [0.1, 0.15) is 23.2 Å². The van der Waals surface area contributed by atoms with Gasteiger partial charge >= 0.3 is 0 Å². The number of hydrogen-bond donors (Lipinski definition) is 2. The van der Waals surface area contributed by atoms with E-state index in [2.05, 4.69) is 36.6 Å². The molecule has 0 radical (unpaired) electrons. The molecule has 0 unspecified atom stereocenters.